The number of hydrogen-bond donors (Lipinski definition) is 1. The Morgan fingerprint density at radius 2 is 2.21 bits per heavy atom. The Hall–Kier alpha value is -1.45. The second-order valence-electron chi connectivity index (χ2n) is 5.10. The fourth-order valence-corrected chi connectivity index (χ4v) is 2.88. The normalized spacial score (nSPS) is 23.0. The Bertz CT molecular complexity index is 550. The minimum Gasteiger partial charge on any atom is -0.373 e. The molecule has 0 radical (unpaired) electrons. The number of aromatic nitrogens is 1. The summed E-state index contributed by atoms with van der Waals surface area (Å²) < 4.78 is 5.98. The third-order valence-electron chi connectivity index (χ3n) is 3.88. The highest BCUT2D eigenvalue weighted by atomic mass is 16.5. The predicted octanol–water partition coefficient (Wildman–Crippen LogP) is 2.92. The lowest BCUT2D eigenvalue weighted by Crippen LogP contribution is -2.24. The van der Waals surface area contributed by atoms with Crippen molar-refractivity contribution in [2.24, 2.45) is 5.92 Å². The molecule has 0 spiro atoms. The zero-order chi connectivity index (χ0) is 13.1. The van der Waals surface area contributed by atoms with Gasteiger partial charge in [0.25, 0.3) is 0 Å². The Morgan fingerprint density at radius 3 is 3.11 bits per heavy atom. The van der Waals surface area contributed by atoms with E-state index in [-0.39, 0.29) is 6.10 Å². The molecule has 0 bridgehead atoms. The lowest BCUT2D eigenvalue weighted by atomic mass is 9.93. The third-order valence-corrected chi connectivity index (χ3v) is 3.88. The van der Waals surface area contributed by atoms with Crippen molar-refractivity contribution in [1.29, 1.82) is 0 Å². The molecule has 1 aromatic carbocycles. The van der Waals surface area contributed by atoms with Crippen molar-refractivity contribution in [2.45, 2.75) is 19.4 Å². The lowest BCUT2D eigenvalue weighted by molar-refractivity contribution is 0.0915. The van der Waals surface area contributed by atoms with E-state index in [1.807, 2.05) is 12.4 Å². The van der Waals surface area contributed by atoms with E-state index in [0.29, 0.717) is 5.92 Å². The van der Waals surface area contributed by atoms with Gasteiger partial charge < -0.3 is 10.1 Å². The van der Waals surface area contributed by atoms with Crippen LogP contribution < -0.4 is 5.32 Å². The average molecular weight is 256 g/mol. The van der Waals surface area contributed by atoms with Crippen LogP contribution in [0.2, 0.25) is 0 Å². The SMILES string of the molecule is CCNCC1CCOC1c1cncc2ccccc12. The summed E-state index contributed by atoms with van der Waals surface area (Å²) in [5.74, 6) is 0.549. The molecule has 0 saturated carbocycles. The van der Waals surface area contributed by atoms with E-state index >= 15 is 0 Å². The van der Waals surface area contributed by atoms with Crippen molar-refractivity contribution in [3.8, 4) is 0 Å². The first-order valence-corrected chi connectivity index (χ1v) is 7.05. The molecule has 1 saturated heterocycles. The second kappa shape index (κ2) is 5.68. The van der Waals surface area contributed by atoms with E-state index in [9.17, 15) is 0 Å². The zero-order valence-corrected chi connectivity index (χ0v) is 11.3. The maximum Gasteiger partial charge on any atom is 0.0886 e. The van der Waals surface area contributed by atoms with Gasteiger partial charge in [0.1, 0.15) is 0 Å². The number of rotatable bonds is 4. The van der Waals surface area contributed by atoms with Crippen LogP contribution in [0.5, 0.6) is 0 Å². The summed E-state index contributed by atoms with van der Waals surface area (Å²) in [6, 6.07) is 8.41. The molecular weight excluding hydrogens is 236 g/mol. The molecule has 0 aliphatic carbocycles. The minimum atomic E-state index is 0.178. The highest BCUT2D eigenvalue weighted by molar-refractivity contribution is 5.85. The van der Waals surface area contributed by atoms with Gasteiger partial charge in [0.15, 0.2) is 0 Å². The van der Waals surface area contributed by atoms with Gasteiger partial charge in [-0.3, -0.25) is 4.98 Å². The quantitative estimate of drug-likeness (QED) is 0.913. The van der Waals surface area contributed by atoms with Gasteiger partial charge in [0.2, 0.25) is 0 Å². The Morgan fingerprint density at radius 1 is 1.32 bits per heavy atom. The standard InChI is InChI=1S/C16H20N2O/c1-2-17-10-13-7-8-19-16(13)15-11-18-9-12-5-3-4-6-14(12)15/h3-6,9,11,13,16-17H,2,7-8,10H2,1H3. The number of pyridine rings is 1. The maximum absolute atomic E-state index is 5.98. The number of nitrogens with one attached hydrogen (secondary N) is 1. The summed E-state index contributed by atoms with van der Waals surface area (Å²) in [7, 11) is 0. The summed E-state index contributed by atoms with van der Waals surface area (Å²) in [5.41, 5.74) is 1.23. The number of ether oxygens (including phenoxy) is 1. The lowest BCUT2D eigenvalue weighted by Gasteiger charge is -2.20. The minimum absolute atomic E-state index is 0.178. The molecule has 1 aliphatic heterocycles. The molecular formula is C16H20N2O. The van der Waals surface area contributed by atoms with Gasteiger partial charge in [0.05, 0.1) is 6.10 Å². The van der Waals surface area contributed by atoms with Crippen LogP contribution in [0.4, 0.5) is 0 Å². The van der Waals surface area contributed by atoms with Gasteiger partial charge >= 0.3 is 0 Å². The molecule has 3 heteroatoms. The van der Waals surface area contributed by atoms with Crippen molar-refractivity contribution >= 4 is 10.8 Å². The summed E-state index contributed by atoms with van der Waals surface area (Å²) in [5, 5.41) is 5.90. The predicted molar refractivity (Wildman–Crippen MR) is 77.1 cm³/mol. The van der Waals surface area contributed by atoms with Crippen LogP contribution in [0.1, 0.15) is 25.0 Å². The summed E-state index contributed by atoms with van der Waals surface area (Å²) >= 11 is 0. The van der Waals surface area contributed by atoms with Crippen LogP contribution in [-0.2, 0) is 4.74 Å². The van der Waals surface area contributed by atoms with Crippen LogP contribution in [0.25, 0.3) is 10.8 Å². The van der Waals surface area contributed by atoms with Crippen molar-refractivity contribution in [2.75, 3.05) is 19.7 Å². The molecule has 19 heavy (non-hydrogen) atoms. The van der Waals surface area contributed by atoms with Gasteiger partial charge in [-0.25, -0.2) is 0 Å². The van der Waals surface area contributed by atoms with Gasteiger partial charge in [-0.05, 0) is 18.4 Å². The molecule has 100 valence electrons. The second-order valence-corrected chi connectivity index (χ2v) is 5.10. The Kier molecular flexibility index (Phi) is 3.76. The largest absolute Gasteiger partial charge is 0.373 e. The molecule has 0 amide bonds. The summed E-state index contributed by atoms with van der Waals surface area (Å²) in [6.07, 6.45) is 5.20. The van der Waals surface area contributed by atoms with Crippen LogP contribution >= 0.6 is 0 Å². The molecule has 1 fully saturated rings. The summed E-state index contributed by atoms with van der Waals surface area (Å²) in [4.78, 5) is 4.37. The summed E-state index contributed by atoms with van der Waals surface area (Å²) in [6.45, 7) is 5.02. The molecule has 2 atom stereocenters. The highest BCUT2D eigenvalue weighted by Gasteiger charge is 2.30. The van der Waals surface area contributed by atoms with Crippen LogP contribution in [0.15, 0.2) is 36.7 Å². The van der Waals surface area contributed by atoms with Crippen LogP contribution in [-0.4, -0.2) is 24.7 Å². The van der Waals surface area contributed by atoms with E-state index in [4.69, 9.17) is 4.74 Å². The van der Waals surface area contributed by atoms with Gasteiger partial charge in [-0.15, -0.1) is 0 Å². The fraction of sp³-hybridized carbons (Fsp3) is 0.438. The van der Waals surface area contributed by atoms with E-state index in [2.05, 4.69) is 41.5 Å². The van der Waals surface area contributed by atoms with E-state index in [0.717, 1.165) is 26.1 Å². The average Bonchev–Trinajstić information content (AvgIpc) is 2.92. The fourth-order valence-electron chi connectivity index (χ4n) is 2.88. The third kappa shape index (κ3) is 2.48. The first-order chi connectivity index (χ1) is 9.40. The number of benzene rings is 1. The van der Waals surface area contributed by atoms with Crippen LogP contribution in [0.3, 0.4) is 0 Å². The highest BCUT2D eigenvalue weighted by Crippen LogP contribution is 2.37. The number of nitrogens with zero attached hydrogens (tertiary/aromatic N) is 1. The van der Waals surface area contributed by atoms with E-state index in [1.165, 1.54) is 16.3 Å². The van der Waals surface area contributed by atoms with Crippen molar-refractivity contribution < 1.29 is 4.74 Å². The van der Waals surface area contributed by atoms with Crippen molar-refractivity contribution in [1.82, 2.24) is 10.3 Å². The molecule has 2 heterocycles. The molecule has 2 aromatic rings. The first kappa shape index (κ1) is 12.6. The zero-order valence-electron chi connectivity index (χ0n) is 11.3. The molecule has 1 aliphatic rings. The molecule has 3 nitrogen and oxygen atoms in total. The van der Waals surface area contributed by atoms with E-state index in [1.54, 1.807) is 0 Å². The van der Waals surface area contributed by atoms with Gasteiger partial charge in [-0.1, -0.05) is 31.2 Å². The molecule has 2 unspecified atom stereocenters. The maximum atomic E-state index is 5.98. The topological polar surface area (TPSA) is 34.1 Å². The first-order valence-electron chi connectivity index (χ1n) is 7.05. The van der Waals surface area contributed by atoms with E-state index < -0.39 is 0 Å². The monoisotopic (exact) mass is 256 g/mol. The van der Waals surface area contributed by atoms with Gasteiger partial charge in [0, 0.05) is 42.4 Å². The number of hydrogen-bond acceptors (Lipinski definition) is 3. The van der Waals surface area contributed by atoms with Crippen LogP contribution in [0, 0.1) is 5.92 Å². The smallest absolute Gasteiger partial charge is 0.0886 e. The number of fused-ring (bicyclic) bond motifs is 1. The molecule has 1 N–H and O–H groups in total. The molecule has 3 rings (SSSR count). The van der Waals surface area contributed by atoms with Crippen molar-refractivity contribution in [3.05, 3.63) is 42.2 Å². The van der Waals surface area contributed by atoms with Crippen molar-refractivity contribution in [3.63, 3.8) is 0 Å². The van der Waals surface area contributed by atoms with Gasteiger partial charge in [-0.2, -0.15) is 0 Å². The Balaban J connectivity index is 1.94. The Labute approximate surface area is 114 Å². The molecule has 1 aromatic heterocycles.